The molecule has 6 atom stereocenters. The van der Waals surface area contributed by atoms with E-state index < -0.39 is 0 Å². The van der Waals surface area contributed by atoms with Gasteiger partial charge in [-0.3, -0.25) is 9.59 Å². The normalized spacial score (nSPS) is 40.9. The molecule has 0 spiro atoms. The van der Waals surface area contributed by atoms with Crippen molar-refractivity contribution in [1.29, 1.82) is 0 Å². The highest BCUT2D eigenvalue weighted by Gasteiger charge is 2.67. The molecule has 1 aromatic carbocycles. The molecule has 6 rings (SSSR count). The fourth-order valence-electron chi connectivity index (χ4n) is 4.88. The SMILES string of the molecule is O=C1[C@@H]2[C@H]3C=C[C@@H]([C@@H]4C[C@H]34)[C@@H]2C(=O)N1c1ccc(Cl)cc1O. The van der Waals surface area contributed by atoms with Gasteiger partial charge in [0.2, 0.25) is 11.8 Å². The minimum atomic E-state index is -0.249. The number of hydrogen-bond donors (Lipinski definition) is 1. The van der Waals surface area contributed by atoms with E-state index >= 15 is 0 Å². The van der Waals surface area contributed by atoms with Gasteiger partial charge in [0.05, 0.1) is 17.5 Å². The van der Waals surface area contributed by atoms with Gasteiger partial charge in [-0.2, -0.15) is 0 Å². The van der Waals surface area contributed by atoms with Crippen molar-refractivity contribution < 1.29 is 14.7 Å². The summed E-state index contributed by atoms with van der Waals surface area (Å²) in [6, 6.07) is 4.49. The Morgan fingerprint density at radius 1 is 1.05 bits per heavy atom. The molecule has 1 heterocycles. The highest BCUT2D eigenvalue weighted by Crippen LogP contribution is 2.65. The van der Waals surface area contributed by atoms with Crippen LogP contribution in [-0.2, 0) is 9.59 Å². The summed E-state index contributed by atoms with van der Waals surface area (Å²) >= 11 is 5.84. The Labute approximate surface area is 132 Å². The van der Waals surface area contributed by atoms with Gasteiger partial charge in [-0.1, -0.05) is 23.8 Å². The van der Waals surface area contributed by atoms with E-state index in [4.69, 9.17) is 11.6 Å². The lowest BCUT2D eigenvalue weighted by molar-refractivity contribution is -0.124. The maximum atomic E-state index is 12.9. The van der Waals surface area contributed by atoms with Gasteiger partial charge in [0.1, 0.15) is 5.75 Å². The van der Waals surface area contributed by atoms with Crippen molar-refractivity contribution in [2.45, 2.75) is 6.42 Å². The molecule has 22 heavy (non-hydrogen) atoms. The molecule has 112 valence electrons. The Balaban J connectivity index is 1.60. The third-order valence-electron chi connectivity index (χ3n) is 5.84. The van der Waals surface area contributed by atoms with Crippen molar-refractivity contribution in [1.82, 2.24) is 0 Å². The number of carbonyl (C=O) groups is 2. The molecular weight excluding hydrogens is 302 g/mol. The number of imide groups is 1. The predicted octanol–water partition coefficient (Wildman–Crippen LogP) is 2.60. The number of phenols is 1. The Hall–Kier alpha value is -1.81. The van der Waals surface area contributed by atoms with E-state index in [9.17, 15) is 14.7 Å². The smallest absolute Gasteiger partial charge is 0.238 e. The second-order valence-corrected chi connectivity index (χ2v) is 7.24. The first kappa shape index (κ1) is 12.7. The van der Waals surface area contributed by atoms with Crippen molar-refractivity contribution in [2.24, 2.45) is 35.5 Å². The quantitative estimate of drug-likeness (QED) is 0.640. The first-order chi connectivity index (χ1) is 10.6. The molecule has 1 aliphatic heterocycles. The molecule has 4 aliphatic carbocycles. The summed E-state index contributed by atoms with van der Waals surface area (Å²) in [4.78, 5) is 26.9. The molecule has 2 saturated carbocycles. The molecule has 0 radical (unpaired) electrons. The van der Waals surface area contributed by atoms with Crippen molar-refractivity contribution in [3.05, 3.63) is 35.4 Å². The summed E-state index contributed by atoms with van der Waals surface area (Å²) in [5.74, 6) is 0.570. The number of halogens is 1. The Morgan fingerprint density at radius 3 is 2.18 bits per heavy atom. The second-order valence-electron chi connectivity index (χ2n) is 6.80. The van der Waals surface area contributed by atoms with Gasteiger partial charge >= 0.3 is 0 Å². The minimum Gasteiger partial charge on any atom is -0.506 e. The van der Waals surface area contributed by atoms with Crippen LogP contribution in [0.3, 0.4) is 0 Å². The van der Waals surface area contributed by atoms with Crippen LogP contribution >= 0.6 is 11.6 Å². The standard InChI is InChI=1S/C17H14ClNO3/c18-7-1-4-12(13(20)5-7)19-16(21)14-8-2-3-9(11-6-10(8)11)15(14)17(19)22/h1-5,8-11,14-15,20H,6H2/t8-,9-,10-,11+,14-,15+/m0/s1. The highest BCUT2D eigenvalue weighted by atomic mass is 35.5. The minimum absolute atomic E-state index is 0.127. The lowest BCUT2D eigenvalue weighted by Crippen LogP contribution is -2.40. The number of carbonyl (C=O) groups excluding carboxylic acids is 2. The lowest BCUT2D eigenvalue weighted by Gasteiger charge is -2.37. The van der Waals surface area contributed by atoms with Crippen molar-refractivity contribution in [3.63, 3.8) is 0 Å². The van der Waals surface area contributed by atoms with E-state index in [1.165, 1.54) is 11.0 Å². The first-order valence-corrected chi connectivity index (χ1v) is 8.00. The zero-order valence-electron chi connectivity index (χ0n) is 11.6. The highest BCUT2D eigenvalue weighted by molar-refractivity contribution is 6.31. The Kier molecular flexibility index (Phi) is 2.27. The largest absolute Gasteiger partial charge is 0.506 e. The van der Waals surface area contributed by atoms with Gasteiger partial charge < -0.3 is 5.11 Å². The van der Waals surface area contributed by atoms with E-state index in [0.29, 0.717) is 16.9 Å². The number of phenolic OH excluding ortho intramolecular Hbond substituents is 1. The van der Waals surface area contributed by atoms with Crippen molar-refractivity contribution >= 4 is 29.1 Å². The summed E-state index contributed by atoms with van der Waals surface area (Å²) < 4.78 is 0. The lowest BCUT2D eigenvalue weighted by atomic mass is 9.63. The van der Waals surface area contributed by atoms with Gasteiger partial charge in [0, 0.05) is 11.1 Å². The summed E-state index contributed by atoms with van der Waals surface area (Å²) in [7, 11) is 0. The van der Waals surface area contributed by atoms with E-state index in [1.54, 1.807) is 12.1 Å². The van der Waals surface area contributed by atoms with E-state index in [-0.39, 0.29) is 46.9 Å². The van der Waals surface area contributed by atoms with Crippen molar-refractivity contribution in [3.8, 4) is 5.75 Å². The molecule has 3 fully saturated rings. The predicted molar refractivity (Wildman–Crippen MR) is 80.3 cm³/mol. The van der Waals surface area contributed by atoms with E-state index in [2.05, 4.69) is 12.2 Å². The monoisotopic (exact) mass is 315 g/mol. The summed E-state index contributed by atoms with van der Waals surface area (Å²) in [5.41, 5.74) is 0.252. The molecular formula is C17H14ClNO3. The number of rotatable bonds is 1. The number of aromatic hydroxyl groups is 1. The third kappa shape index (κ3) is 1.39. The van der Waals surface area contributed by atoms with Crippen LogP contribution in [0.2, 0.25) is 5.02 Å². The molecule has 4 nitrogen and oxygen atoms in total. The molecule has 2 bridgehead atoms. The van der Waals surface area contributed by atoms with Crippen LogP contribution < -0.4 is 4.90 Å². The maximum absolute atomic E-state index is 12.9. The number of benzene rings is 1. The van der Waals surface area contributed by atoms with Crippen LogP contribution in [0, 0.1) is 35.5 Å². The van der Waals surface area contributed by atoms with E-state index in [1.807, 2.05) is 0 Å². The van der Waals surface area contributed by atoms with Gasteiger partial charge in [0.25, 0.3) is 0 Å². The Morgan fingerprint density at radius 2 is 1.64 bits per heavy atom. The fraction of sp³-hybridized carbons (Fsp3) is 0.412. The topological polar surface area (TPSA) is 57.6 Å². The molecule has 1 saturated heterocycles. The number of anilines is 1. The van der Waals surface area contributed by atoms with Crippen molar-refractivity contribution in [2.75, 3.05) is 4.90 Å². The molecule has 1 N–H and O–H groups in total. The van der Waals surface area contributed by atoms with Crippen LogP contribution in [0.15, 0.2) is 30.4 Å². The molecule has 5 aliphatic rings. The maximum Gasteiger partial charge on any atom is 0.238 e. The third-order valence-corrected chi connectivity index (χ3v) is 6.08. The first-order valence-electron chi connectivity index (χ1n) is 7.62. The van der Waals surface area contributed by atoms with Gasteiger partial charge in [-0.15, -0.1) is 0 Å². The van der Waals surface area contributed by atoms with Crippen LogP contribution in [0.5, 0.6) is 5.75 Å². The van der Waals surface area contributed by atoms with Gasteiger partial charge in [0.15, 0.2) is 0 Å². The molecule has 1 aromatic rings. The fourth-order valence-corrected chi connectivity index (χ4v) is 5.05. The molecule has 0 aromatic heterocycles. The van der Waals surface area contributed by atoms with Crippen LogP contribution in [0.25, 0.3) is 0 Å². The molecule has 0 unspecified atom stereocenters. The second kappa shape index (κ2) is 3.93. The zero-order valence-corrected chi connectivity index (χ0v) is 12.4. The summed E-state index contributed by atoms with van der Waals surface area (Å²) in [5, 5.41) is 10.5. The summed E-state index contributed by atoms with van der Waals surface area (Å²) in [6.07, 6.45) is 5.41. The zero-order chi connectivity index (χ0) is 15.2. The van der Waals surface area contributed by atoms with Crippen LogP contribution in [-0.4, -0.2) is 16.9 Å². The molecule has 5 heteroatoms. The average molecular weight is 316 g/mol. The van der Waals surface area contributed by atoms with Gasteiger partial charge in [-0.05, 0) is 42.2 Å². The van der Waals surface area contributed by atoms with E-state index in [0.717, 1.165) is 6.42 Å². The number of amides is 2. The average Bonchev–Trinajstić information content (AvgIpc) is 3.26. The summed E-state index contributed by atoms with van der Waals surface area (Å²) in [6.45, 7) is 0. The molecule has 2 amide bonds. The van der Waals surface area contributed by atoms with Crippen LogP contribution in [0.1, 0.15) is 6.42 Å². The number of hydrogen-bond acceptors (Lipinski definition) is 3. The number of nitrogens with zero attached hydrogens (tertiary/aromatic N) is 1. The van der Waals surface area contributed by atoms with Crippen LogP contribution in [0.4, 0.5) is 5.69 Å². The van der Waals surface area contributed by atoms with Gasteiger partial charge in [-0.25, -0.2) is 4.90 Å². The Bertz CT molecular complexity index is 722. The number of allylic oxidation sites excluding steroid dienone is 2.